The summed E-state index contributed by atoms with van der Waals surface area (Å²) >= 11 is 0. The molecular formula is C10H15ClN2O5S. The lowest BCUT2D eigenvalue weighted by atomic mass is 10.2. The van der Waals surface area contributed by atoms with Gasteiger partial charge in [-0.2, -0.15) is 0 Å². The largest absolute Gasteiger partial charge is 0.465 e. The minimum absolute atomic E-state index is 0. The molecule has 0 unspecified atom stereocenters. The Kier molecular flexibility index (Phi) is 4.16. The maximum Gasteiger partial charge on any atom is 0.405 e. The molecule has 0 aromatic heterocycles. The first-order valence-electron chi connectivity index (χ1n) is 5.51. The van der Waals surface area contributed by atoms with E-state index in [4.69, 9.17) is 5.11 Å². The van der Waals surface area contributed by atoms with Gasteiger partial charge >= 0.3 is 6.09 Å². The fraction of sp³-hybridized carbons (Fsp3) is 0.600. The standard InChI is InChI=1S/C10H14N2O5S.ClH/c1-2-6-5-10(6,11-9(14)15)8(13)12-18(16,17)7-3-4-7;/h2,6-7,11H,1,3-5H2,(H,12,13)(H,14,15);1H/t6-,10-;/m1./s1. The maximum atomic E-state index is 11.9. The maximum absolute atomic E-state index is 11.9. The Morgan fingerprint density at radius 3 is 2.32 bits per heavy atom. The molecule has 2 atom stereocenters. The van der Waals surface area contributed by atoms with Gasteiger partial charge in [0.15, 0.2) is 0 Å². The summed E-state index contributed by atoms with van der Waals surface area (Å²) < 4.78 is 25.2. The van der Waals surface area contributed by atoms with Gasteiger partial charge in [0.05, 0.1) is 5.25 Å². The van der Waals surface area contributed by atoms with Crippen molar-refractivity contribution in [2.24, 2.45) is 5.92 Å². The lowest BCUT2D eigenvalue weighted by molar-refractivity contribution is -0.122. The minimum atomic E-state index is -3.66. The second-order valence-electron chi connectivity index (χ2n) is 4.62. The fourth-order valence-electron chi connectivity index (χ4n) is 1.91. The van der Waals surface area contributed by atoms with E-state index in [0.29, 0.717) is 12.8 Å². The predicted molar refractivity (Wildman–Crippen MR) is 69.5 cm³/mol. The van der Waals surface area contributed by atoms with Crippen LogP contribution in [0.4, 0.5) is 4.79 Å². The third-order valence-electron chi connectivity index (χ3n) is 3.23. The molecule has 2 aliphatic rings. The van der Waals surface area contributed by atoms with Crippen molar-refractivity contribution in [3.05, 3.63) is 12.7 Å². The molecule has 0 saturated heterocycles. The summed E-state index contributed by atoms with van der Waals surface area (Å²) in [6, 6.07) is 0. The third-order valence-corrected chi connectivity index (χ3v) is 5.05. The van der Waals surface area contributed by atoms with Crippen molar-refractivity contribution in [3.8, 4) is 0 Å². The van der Waals surface area contributed by atoms with Crippen molar-refractivity contribution in [3.63, 3.8) is 0 Å². The third kappa shape index (κ3) is 3.01. The molecule has 0 aromatic carbocycles. The number of rotatable bonds is 5. The van der Waals surface area contributed by atoms with Crippen LogP contribution in [-0.4, -0.2) is 36.3 Å². The second kappa shape index (κ2) is 5.01. The van der Waals surface area contributed by atoms with E-state index in [1.54, 1.807) is 0 Å². The number of carbonyl (C=O) groups excluding carboxylic acids is 1. The van der Waals surface area contributed by atoms with Crippen LogP contribution in [0.15, 0.2) is 12.7 Å². The Labute approximate surface area is 116 Å². The normalized spacial score (nSPS) is 28.7. The number of halogens is 1. The Hall–Kier alpha value is -1.28. The lowest BCUT2D eigenvalue weighted by Crippen LogP contribution is -2.52. The number of carboxylic acid groups (broad SMARTS) is 1. The highest BCUT2D eigenvalue weighted by atomic mass is 35.5. The highest BCUT2D eigenvalue weighted by molar-refractivity contribution is 7.90. The van der Waals surface area contributed by atoms with Crippen LogP contribution in [0.25, 0.3) is 0 Å². The van der Waals surface area contributed by atoms with Crippen LogP contribution in [0.3, 0.4) is 0 Å². The zero-order valence-corrected chi connectivity index (χ0v) is 11.6. The predicted octanol–water partition coefficient (Wildman–Crippen LogP) is 0.229. The zero-order chi connectivity index (χ0) is 13.6. The zero-order valence-electron chi connectivity index (χ0n) is 9.96. The highest BCUT2D eigenvalue weighted by Gasteiger charge is 2.61. The summed E-state index contributed by atoms with van der Waals surface area (Å²) in [6.07, 6.45) is 1.38. The average molecular weight is 311 g/mol. The molecule has 0 bridgehead atoms. The van der Waals surface area contributed by atoms with E-state index in [9.17, 15) is 18.0 Å². The molecule has 7 nitrogen and oxygen atoms in total. The number of hydrogen-bond donors (Lipinski definition) is 3. The van der Waals surface area contributed by atoms with Gasteiger partial charge in [0.1, 0.15) is 5.54 Å². The summed E-state index contributed by atoms with van der Waals surface area (Å²) in [7, 11) is -3.66. The van der Waals surface area contributed by atoms with Gasteiger partial charge in [-0.3, -0.25) is 9.52 Å². The molecule has 108 valence electrons. The molecule has 2 aliphatic carbocycles. The molecule has 3 N–H and O–H groups in total. The van der Waals surface area contributed by atoms with Crippen LogP contribution in [0.1, 0.15) is 19.3 Å². The van der Waals surface area contributed by atoms with Gasteiger partial charge in [-0.15, -0.1) is 19.0 Å². The highest BCUT2D eigenvalue weighted by Crippen LogP contribution is 2.45. The van der Waals surface area contributed by atoms with Crippen molar-refractivity contribution < 1.29 is 23.1 Å². The van der Waals surface area contributed by atoms with Crippen molar-refractivity contribution >= 4 is 34.4 Å². The van der Waals surface area contributed by atoms with E-state index in [2.05, 4.69) is 11.9 Å². The number of sulfonamides is 1. The van der Waals surface area contributed by atoms with E-state index >= 15 is 0 Å². The summed E-state index contributed by atoms with van der Waals surface area (Å²) in [6.45, 7) is 3.49. The van der Waals surface area contributed by atoms with Crippen LogP contribution in [0.5, 0.6) is 0 Å². The van der Waals surface area contributed by atoms with Crippen molar-refractivity contribution in [2.75, 3.05) is 0 Å². The van der Waals surface area contributed by atoms with Crippen molar-refractivity contribution in [1.29, 1.82) is 0 Å². The lowest BCUT2D eigenvalue weighted by Gasteiger charge is -2.16. The van der Waals surface area contributed by atoms with Crippen LogP contribution in [0, 0.1) is 5.92 Å². The molecular weight excluding hydrogens is 296 g/mol. The quantitative estimate of drug-likeness (QED) is 0.629. The van der Waals surface area contributed by atoms with E-state index < -0.39 is 32.8 Å². The second-order valence-corrected chi connectivity index (χ2v) is 6.58. The SMILES string of the molecule is C=C[C@@H]1C[C@]1(NC(=O)O)C(=O)NS(=O)(=O)C1CC1.Cl. The van der Waals surface area contributed by atoms with Gasteiger partial charge in [-0.1, -0.05) is 6.08 Å². The van der Waals surface area contributed by atoms with Crippen LogP contribution in [0.2, 0.25) is 0 Å². The molecule has 0 aliphatic heterocycles. The van der Waals surface area contributed by atoms with E-state index in [-0.39, 0.29) is 24.7 Å². The first-order chi connectivity index (χ1) is 8.32. The van der Waals surface area contributed by atoms with Gasteiger partial charge < -0.3 is 10.4 Å². The summed E-state index contributed by atoms with van der Waals surface area (Å²) in [5.41, 5.74) is -1.38. The topological polar surface area (TPSA) is 113 Å². The van der Waals surface area contributed by atoms with Crippen molar-refractivity contribution in [1.82, 2.24) is 10.0 Å². The summed E-state index contributed by atoms with van der Waals surface area (Å²) in [5.74, 6) is -1.19. The minimum Gasteiger partial charge on any atom is -0.465 e. The molecule has 0 heterocycles. The number of nitrogens with one attached hydrogen (secondary N) is 2. The summed E-state index contributed by atoms with van der Waals surface area (Å²) in [4.78, 5) is 22.6. The molecule has 19 heavy (non-hydrogen) atoms. The van der Waals surface area contributed by atoms with E-state index in [1.807, 2.05) is 4.72 Å². The molecule has 2 saturated carbocycles. The first kappa shape index (κ1) is 15.8. The van der Waals surface area contributed by atoms with Crippen molar-refractivity contribution in [2.45, 2.75) is 30.1 Å². The average Bonchev–Trinajstić information content (AvgIpc) is 3.11. The van der Waals surface area contributed by atoms with Crippen LogP contribution >= 0.6 is 12.4 Å². The molecule has 2 rings (SSSR count). The number of hydrogen-bond acceptors (Lipinski definition) is 4. The Morgan fingerprint density at radius 1 is 1.37 bits per heavy atom. The molecule has 2 amide bonds. The molecule has 0 aromatic rings. The molecule has 9 heteroatoms. The Morgan fingerprint density at radius 2 is 1.95 bits per heavy atom. The van der Waals surface area contributed by atoms with Crippen LogP contribution in [-0.2, 0) is 14.8 Å². The van der Waals surface area contributed by atoms with Gasteiger partial charge in [-0.05, 0) is 19.3 Å². The van der Waals surface area contributed by atoms with Gasteiger partial charge in [-0.25, -0.2) is 13.2 Å². The number of amides is 2. The Bertz CT molecular complexity index is 516. The smallest absolute Gasteiger partial charge is 0.405 e. The number of carbonyl (C=O) groups is 2. The van der Waals surface area contributed by atoms with Crippen LogP contribution < -0.4 is 10.0 Å². The molecule has 0 radical (unpaired) electrons. The van der Waals surface area contributed by atoms with Gasteiger partial charge in [0.25, 0.3) is 5.91 Å². The summed E-state index contributed by atoms with van der Waals surface area (Å²) in [5, 5.41) is 10.3. The molecule has 2 fully saturated rings. The van der Waals surface area contributed by atoms with E-state index in [0.717, 1.165) is 0 Å². The van der Waals surface area contributed by atoms with E-state index in [1.165, 1.54) is 6.08 Å². The monoisotopic (exact) mass is 310 g/mol. The fourth-order valence-corrected chi connectivity index (χ4v) is 3.27. The van der Waals surface area contributed by atoms with Gasteiger partial charge in [0.2, 0.25) is 10.0 Å². The van der Waals surface area contributed by atoms with Gasteiger partial charge in [0, 0.05) is 5.92 Å². The Balaban J connectivity index is 0.00000180. The first-order valence-corrected chi connectivity index (χ1v) is 7.06. The molecule has 0 spiro atoms.